The average molecular weight is 178 g/mol. The van der Waals surface area contributed by atoms with Crippen molar-refractivity contribution >= 4 is 5.82 Å². The van der Waals surface area contributed by atoms with Gasteiger partial charge in [-0.15, -0.1) is 0 Å². The summed E-state index contributed by atoms with van der Waals surface area (Å²) in [6.07, 6.45) is 3.04. The summed E-state index contributed by atoms with van der Waals surface area (Å²) in [6.45, 7) is 7.42. The lowest BCUT2D eigenvalue weighted by Crippen LogP contribution is -2.17. The Kier molecular flexibility index (Phi) is 3.29. The first kappa shape index (κ1) is 10.0. The smallest absolute Gasteiger partial charge is 0.128 e. The zero-order valence-corrected chi connectivity index (χ0v) is 8.96. The first-order valence-corrected chi connectivity index (χ1v) is 4.85. The van der Waals surface area contributed by atoms with Crippen molar-refractivity contribution in [1.29, 1.82) is 0 Å². The molecule has 13 heavy (non-hydrogen) atoms. The summed E-state index contributed by atoms with van der Waals surface area (Å²) < 4.78 is 0. The third-order valence-corrected chi connectivity index (χ3v) is 2.45. The van der Waals surface area contributed by atoms with Gasteiger partial charge >= 0.3 is 0 Å². The zero-order valence-electron chi connectivity index (χ0n) is 8.96. The van der Waals surface area contributed by atoms with Crippen LogP contribution in [0.4, 0.5) is 5.82 Å². The van der Waals surface area contributed by atoms with Gasteiger partial charge in [0, 0.05) is 19.8 Å². The first-order valence-electron chi connectivity index (χ1n) is 4.85. The van der Waals surface area contributed by atoms with Gasteiger partial charge in [-0.2, -0.15) is 0 Å². The maximum Gasteiger partial charge on any atom is 0.128 e. The molecule has 1 aromatic heterocycles. The molecule has 72 valence electrons. The molecule has 0 saturated carbocycles. The van der Waals surface area contributed by atoms with Gasteiger partial charge in [-0.1, -0.05) is 6.92 Å². The van der Waals surface area contributed by atoms with Gasteiger partial charge in [0.25, 0.3) is 0 Å². The van der Waals surface area contributed by atoms with E-state index in [0.717, 1.165) is 18.8 Å². The molecule has 2 nitrogen and oxygen atoms in total. The topological polar surface area (TPSA) is 16.1 Å². The van der Waals surface area contributed by atoms with Crippen LogP contribution in [0.1, 0.15) is 25.0 Å². The minimum Gasteiger partial charge on any atom is -0.360 e. The fourth-order valence-corrected chi connectivity index (χ4v) is 1.30. The highest BCUT2D eigenvalue weighted by Crippen LogP contribution is 2.14. The van der Waals surface area contributed by atoms with Crippen LogP contribution in [-0.2, 0) is 6.42 Å². The molecule has 0 radical (unpaired) electrons. The van der Waals surface area contributed by atoms with Gasteiger partial charge in [0.15, 0.2) is 0 Å². The highest BCUT2D eigenvalue weighted by Gasteiger charge is 2.02. The second-order valence-corrected chi connectivity index (χ2v) is 3.34. The third kappa shape index (κ3) is 2.20. The van der Waals surface area contributed by atoms with Crippen molar-refractivity contribution in [1.82, 2.24) is 4.98 Å². The van der Waals surface area contributed by atoms with E-state index in [1.807, 2.05) is 6.20 Å². The summed E-state index contributed by atoms with van der Waals surface area (Å²) >= 11 is 0. The monoisotopic (exact) mass is 178 g/mol. The van der Waals surface area contributed by atoms with Crippen molar-refractivity contribution in [2.75, 3.05) is 18.5 Å². The fourth-order valence-electron chi connectivity index (χ4n) is 1.30. The molecule has 0 amide bonds. The Hall–Kier alpha value is -1.05. The number of anilines is 1. The second-order valence-electron chi connectivity index (χ2n) is 3.34. The molecule has 0 aromatic carbocycles. The lowest BCUT2D eigenvalue weighted by Gasteiger charge is -2.16. The number of aromatic nitrogens is 1. The molecule has 0 atom stereocenters. The quantitative estimate of drug-likeness (QED) is 0.706. The molecule has 1 aromatic rings. The summed E-state index contributed by atoms with van der Waals surface area (Å²) in [7, 11) is 2.07. The molecule has 0 aliphatic rings. The largest absolute Gasteiger partial charge is 0.360 e. The molecular weight excluding hydrogens is 160 g/mol. The Balaban J connectivity index is 2.99. The predicted molar refractivity (Wildman–Crippen MR) is 57.3 cm³/mol. The molecule has 0 unspecified atom stereocenters. The van der Waals surface area contributed by atoms with Crippen molar-refractivity contribution in [2.24, 2.45) is 0 Å². The molecule has 2 heteroatoms. The number of nitrogens with zero attached hydrogens (tertiary/aromatic N) is 2. The van der Waals surface area contributed by atoms with Crippen LogP contribution in [0.3, 0.4) is 0 Å². The van der Waals surface area contributed by atoms with Gasteiger partial charge in [0.05, 0.1) is 0 Å². The lowest BCUT2D eigenvalue weighted by atomic mass is 10.1. The Bertz CT molecular complexity index is 281. The van der Waals surface area contributed by atoms with Crippen LogP contribution in [0.15, 0.2) is 12.3 Å². The standard InChI is InChI=1S/C11H18N2/c1-5-10-7-11(13(4)6-2)12-8-9(10)3/h7-8H,5-6H2,1-4H3. The van der Waals surface area contributed by atoms with E-state index in [2.05, 4.69) is 43.8 Å². The Morgan fingerprint density at radius 2 is 2.08 bits per heavy atom. The minimum atomic E-state index is 0.999. The Morgan fingerprint density at radius 1 is 1.38 bits per heavy atom. The van der Waals surface area contributed by atoms with Crippen molar-refractivity contribution < 1.29 is 0 Å². The number of rotatable bonds is 3. The van der Waals surface area contributed by atoms with Crippen LogP contribution in [0.5, 0.6) is 0 Å². The molecule has 0 spiro atoms. The van der Waals surface area contributed by atoms with E-state index in [4.69, 9.17) is 0 Å². The van der Waals surface area contributed by atoms with Crippen molar-refractivity contribution in [2.45, 2.75) is 27.2 Å². The van der Waals surface area contributed by atoms with Crippen LogP contribution in [-0.4, -0.2) is 18.6 Å². The molecule has 0 bridgehead atoms. The van der Waals surface area contributed by atoms with E-state index in [1.54, 1.807) is 0 Å². The number of hydrogen-bond donors (Lipinski definition) is 0. The minimum absolute atomic E-state index is 0.999. The lowest BCUT2D eigenvalue weighted by molar-refractivity contribution is 0.928. The zero-order chi connectivity index (χ0) is 9.84. The summed E-state index contributed by atoms with van der Waals surface area (Å²) in [5.41, 5.74) is 2.68. The Morgan fingerprint density at radius 3 is 2.62 bits per heavy atom. The van der Waals surface area contributed by atoms with Crippen LogP contribution >= 0.6 is 0 Å². The average Bonchev–Trinajstić information content (AvgIpc) is 2.17. The maximum absolute atomic E-state index is 4.38. The SMILES string of the molecule is CCc1cc(N(C)CC)ncc1C. The highest BCUT2D eigenvalue weighted by molar-refractivity contribution is 5.42. The van der Waals surface area contributed by atoms with E-state index in [0.29, 0.717) is 0 Å². The summed E-state index contributed by atoms with van der Waals surface area (Å²) in [5, 5.41) is 0. The van der Waals surface area contributed by atoms with Gasteiger partial charge in [-0.3, -0.25) is 0 Å². The summed E-state index contributed by atoms with van der Waals surface area (Å²) in [5.74, 6) is 1.07. The molecule has 0 saturated heterocycles. The molecule has 0 N–H and O–H groups in total. The molecule has 1 rings (SSSR count). The van der Waals surface area contributed by atoms with Crippen LogP contribution in [0.2, 0.25) is 0 Å². The van der Waals surface area contributed by atoms with Gasteiger partial charge in [-0.05, 0) is 37.5 Å². The second kappa shape index (κ2) is 4.26. The van der Waals surface area contributed by atoms with E-state index >= 15 is 0 Å². The van der Waals surface area contributed by atoms with Gasteiger partial charge in [0.1, 0.15) is 5.82 Å². The van der Waals surface area contributed by atoms with Gasteiger partial charge < -0.3 is 4.90 Å². The summed E-state index contributed by atoms with van der Waals surface area (Å²) in [6, 6.07) is 2.18. The third-order valence-electron chi connectivity index (χ3n) is 2.45. The number of pyridine rings is 1. The van der Waals surface area contributed by atoms with Crippen molar-refractivity contribution in [3.05, 3.63) is 23.4 Å². The number of hydrogen-bond acceptors (Lipinski definition) is 2. The molecule has 1 heterocycles. The van der Waals surface area contributed by atoms with Crippen LogP contribution < -0.4 is 4.90 Å². The normalized spacial score (nSPS) is 10.2. The molecule has 0 aliphatic heterocycles. The first-order chi connectivity index (χ1) is 6.19. The molecule has 0 aliphatic carbocycles. The fraction of sp³-hybridized carbons (Fsp3) is 0.545. The van der Waals surface area contributed by atoms with Gasteiger partial charge in [-0.25, -0.2) is 4.98 Å². The van der Waals surface area contributed by atoms with Gasteiger partial charge in [0.2, 0.25) is 0 Å². The summed E-state index contributed by atoms with van der Waals surface area (Å²) in [4.78, 5) is 6.53. The van der Waals surface area contributed by atoms with Crippen LogP contribution in [0, 0.1) is 6.92 Å². The molecular formula is C11H18N2. The van der Waals surface area contributed by atoms with Crippen molar-refractivity contribution in [3.63, 3.8) is 0 Å². The van der Waals surface area contributed by atoms with E-state index in [1.165, 1.54) is 11.1 Å². The van der Waals surface area contributed by atoms with E-state index in [-0.39, 0.29) is 0 Å². The van der Waals surface area contributed by atoms with Crippen molar-refractivity contribution in [3.8, 4) is 0 Å². The molecule has 0 fully saturated rings. The van der Waals surface area contributed by atoms with E-state index in [9.17, 15) is 0 Å². The number of aryl methyl sites for hydroxylation is 2. The predicted octanol–water partition coefficient (Wildman–Crippen LogP) is 2.41. The highest BCUT2D eigenvalue weighted by atomic mass is 15.1. The maximum atomic E-state index is 4.38. The Labute approximate surface area is 80.6 Å². The van der Waals surface area contributed by atoms with E-state index < -0.39 is 0 Å². The van der Waals surface area contributed by atoms with Crippen LogP contribution in [0.25, 0.3) is 0 Å².